The molecule has 1 heterocycles. The summed E-state index contributed by atoms with van der Waals surface area (Å²) in [7, 11) is 0. The monoisotopic (exact) mass is 251 g/mol. The zero-order valence-corrected chi connectivity index (χ0v) is 11.1. The zero-order valence-electron chi connectivity index (χ0n) is 11.1. The molecule has 0 aliphatic carbocycles. The Kier molecular flexibility index (Phi) is 3.08. The summed E-state index contributed by atoms with van der Waals surface area (Å²) in [4.78, 5) is 14.2. The molecular formula is C17H17NO. The molecule has 2 heteroatoms. The Balaban J connectivity index is 1.93. The topological polar surface area (TPSA) is 20.3 Å². The maximum absolute atomic E-state index is 11.9. The number of fused-ring (bicyclic) bond motifs is 1. The van der Waals surface area contributed by atoms with Gasteiger partial charge < -0.3 is 4.90 Å². The van der Waals surface area contributed by atoms with Crippen molar-refractivity contribution in [1.29, 1.82) is 0 Å². The molecule has 1 aliphatic heterocycles. The van der Waals surface area contributed by atoms with Crippen LogP contribution in [0.5, 0.6) is 0 Å². The van der Waals surface area contributed by atoms with E-state index in [1.807, 2.05) is 24.3 Å². The van der Waals surface area contributed by atoms with E-state index in [1.165, 1.54) is 11.1 Å². The van der Waals surface area contributed by atoms with Gasteiger partial charge >= 0.3 is 0 Å². The molecule has 0 bridgehead atoms. The van der Waals surface area contributed by atoms with Gasteiger partial charge in [0.05, 0.1) is 0 Å². The number of benzene rings is 2. The van der Waals surface area contributed by atoms with Gasteiger partial charge in [-0.05, 0) is 30.2 Å². The highest BCUT2D eigenvalue weighted by Crippen LogP contribution is 2.28. The van der Waals surface area contributed by atoms with Crippen LogP contribution in [-0.2, 0) is 6.54 Å². The van der Waals surface area contributed by atoms with Gasteiger partial charge in [-0.2, -0.15) is 0 Å². The molecule has 0 atom stereocenters. The fraction of sp³-hybridized carbons (Fsp3) is 0.235. The van der Waals surface area contributed by atoms with E-state index in [2.05, 4.69) is 36.1 Å². The first-order valence-corrected chi connectivity index (χ1v) is 6.67. The lowest BCUT2D eigenvalue weighted by Gasteiger charge is -2.31. The summed E-state index contributed by atoms with van der Waals surface area (Å²) >= 11 is 0. The smallest absolute Gasteiger partial charge is 0.166 e. The van der Waals surface area contributed by atoms with Crippen molar-refractivity contribution in [2.75, 3.05) is 11.4 Å². The highest BCUT2D eigenvalue weighted by Gasteiger charge is 2.22. The van der Waals surface area contributed by atoms with Crippen LogP contribution in [0.25, 0.3) is 0 Å². The maximum atomic E-state index is 11.9. The molecule has 96 valence electrons. The molecule has 0 unspecified atom stereocenters. The van der Waals surface area contributed by atoms with Crippen LogP contribution in [0.3, 0.4) is 0 Å². The molecule has 2 aromatic carbocycles. The largest absolute Gasteiger partial charge is 0.366 e. The second kappa shape index (κ2) is 4.88. The number of aryl methyl sites for hydroxylation is 1. The van der Waals surface area contributed by atoms with Gasteiger partial charge in [0.15, 0.2) is 5.78 Å². The van der Waals surface area contributed by atoms with Crippen molar-refractivity contribution >= 4 is 11.5 Å². The first-order chi connectivity index (χ1) is 9.25. The molecule has 19 heavy (non-hydrogen) atoms. The average Bonchev–Trinajstić information content (AvgIpc) is 2.44. The minimum absolute atomic E-state index is 0.261. The maximum Gasteiger partial charge on any atom is 0.166 e. The SMILES string of the molecule is Cc1ccccc1CN1CCC(=O)c2ccccc21. The first-order valence-electron chi connectivity index (χ1n) is 6.67. The quantitative estimate of drug-likeness (QED) is 0.813. The van der Waals surface area contributed by atoms with Gasteiger partial charge in [0.2, 0.25) is 0 Å². The number of nitrogens with zero attached hydrogens (tertiary/aromatic N) is 1. The lowest BCUT2D eigenvalue weighted by Crippen LogP contribution is -2.31. The number of rotatable bonds is 2. The Bertz CT molecular complexity index is 618. The number of hydrogen-bond donors (Lipinski definition) is 0. The number of carbonyl (C=O) groups excluding carboxylic acids is 1. The Labute approximate surface area is 113 Å². The van der Waals surface area contributed by atoms with Crippen molar-refractivity contribution in [2.45, 2.75) is 19.9 Å². The van der Waals surface area contributed by atoms with E-state index in [1.54, 1.807) is 0 Å². The molecule has 0 aromatic heterocycles. The molecule has 2 nitrogen and oxygen atoms in total. The molecule has 1 aliphatic rings. The molecule has 0 amide bonds. The number of anilines is 1. The van der Waals surface area contributed by atoms with Gasteiger partial charge in [-0.1, -0.05) is 36.4 Å². The molecule has 0 fully saturated rings. The van der Waals surface area contributed by atoms with Gasteiger partial charge in [-0.25, -0.2) is 0 Å². The number of hydrogen-bond acceptors (Lipinski definition) is 2. The van der Waals surface area contributed by atoms with E-state index in [0.717, 1.165) is 24.3 Å². The van der Waals surface area contributed by atoms with Crippen molar-refractivity contribution in [3.8, 4) is 0 Å². The lowest BCUT2D eigenvalue weighted by molar-refractivity contribution is 0.0979. The zero-order chi connectivity index (χ0) is 13.2. The molecular weight excluding hydrogens is 234 g/mol. The van der Waals surface area contributed by atoms with Crippen molar-refractivity contribution in [3.05, 3.63) is 65.2 Å². The van der Waals surface area contributed by atoms with Crippen LogP contribution in [0.2, 0.25) is 0 Å². The van der Waals surface area contributed by atoms with Crippen LogP contribution in [0.15, 0.2) is 48.5 Å². The number of Topliss-reactive ketones (excluding diaryl/α,β-unsaturated/α-hetero) is 1. The summed E-state index contributed by atoms with van der Waals surface area (Å²) < 4.78 is 0. The van der Waals surface area contributed by atoms with E-state index in [4.69, 9.17) is 0 Å². The first kappa shape index (κ1) is 12.0. The summed E-state index contributed by atoms with van der Waals surface area (Å²) in [6.45, 7) is 3.82. The fourth-order valence-corrected chi connectivity index (χ4v) is 2.63. The van der Waals surface area contributed by atoms with Crippen molar-refractivity contribution in [1.82, 2.24) is 0 Å². The lowest BCUT2D eigenvalue weighted by atomic mass is 9.99. The second-order valence-corrected chi connectivity index (χ2v) is 5.04. The van der Waals surface area contributed by atoms with Crippen molar-refractivity contribution in [2.24, 2.45) is 0 Å². The number of ketones is 1. The van der Waals surface area contributed by atoms with E-state index in [9.17, 15) is 4.79 Å². The average molecular weight is 251 g/mol. The fourth-order valence-electron chi connectivity index (χ4n) is 2.63. The number of para-hydroxylation sites is 1. The predicted molar refractivity (Wildman–Crippen MR) is 77.6 cm³/mol. The van der Waals surface area contributed by atoms with Gasteiger partial charge in [0.1, 0.15) is 0 Å². The molecule has 0 spiro atoms. The van der Waals surface area contributed by atoms with Crippen molar-refractivity contribution in [3.63, 3.8) is 0 Å². The Morgan fingerprint density at radius 1 is 1.05 bits per heavy atom. The van der Waals surface area contributed by atoms with Crippen LogP contribution >= 0.6 is 0 Å². The minimum atomic E-state index is 0.261. The third kappa shape index (κ3) is 2.26. The van der Waals surface area contributed by atoms with Crippen LogP contribution in [0, 0.1) is 6.92 Å². The number of carbonyl (C=O) groups is 1. The van der Waals surface area contributed by atoms with Gasteiger partial charge in [-0.15, -0.1) is 0 Å². The van der Waals surface area contributed by atoms with E-state index in [0.29, 0.717) is 6.42 Å². The van der Waals surface area contributed by atoms with Crippen LogP contribution < -0.4 is 4.90 Å². The third-order valence-electron chi connectivity index (χ3n) is 3.78. The van der Waals surface area contributed by atoms with Crippen LogP contribution in [-0.4, -0.2) is 12.3 Å². The summed E-state index contributed by atoms with van der Waals surface area (Å²) in [5.74, 6) is 0.261. The van der Waals surface area contributed by atoms with Crippen LogP contribution in [0.1, 0.15) is 27.9 Å². The minimum Gasteiger partial charge on any atom is -0.366 e. The standard InChI is InChI=1S/C17H17NO/c1-13-6-2-3-7-14(13)12-18-11-10-17(19)15-8-4-5-9-16(15)18/h2-9H,10-12H2,1H3. The summed E-state index contributed by atoms with van der Waals surface area (Å²) in [5, 5.41) is 0. The molecule has 0 saturated heterocycles. The van der Waals surface area contributed by atoms with Crippen LogP contribution in [0.4, 0.5) is 5.69 Å². The van der Waals surface area contributed by atoms with E-state index >= 15 is 0 Å². The summed E-state index contributed by atoms with van der Waals surface area (Å²) in [6.07, 6.45) is 0.614. The highest BCUT2D eigenvalue weighted by molar-refractivity contribution is 6.03. The second-order valence-electron chi connectivity index (χ2n) is 5.04. The molecule has 0 N–H and O–H groups in total. The van der Waals surface area contributed by atoms with Gasteiger partial charge in [-0.3, -0.25) is 4.79 Å². The third-order valence-corrected chi connectivity index (χ3v) is 3.78. The predicted octanol–water partition coefficient (Wildman–Crippen LogP) is 3.59. The molecule has 2 aromatic rings. The Morgan fingerprint density at radius 3 is 2.63 bits per heavy atom. The summed E-state index contributed by atoms with van der Waals surface area (Å²) in [5.41, 5.74) is 4.56. The Morgan fingerprint density at radius 2 is 1.79 bits per heavy atom. The summed E-state index contributed by atoms with van der Waals surface area (Å²) in [6, 6.07) is 16.4. The molecule has 0 radical (unpaired) electrons. The van der Waals surface area contributed by atoms with E-state index < -0.39 is 0 Å². The highest BCUT2D eigenvalue weighted by atomic mass is 16.1. The Hall–Kier alpha value is -2.09. The van der Waals surface area contributed by atoms with E-state index in [-0.39, 0.29) is 5.78 Å². The van der Waals surface area contributed by atoms with Gasteiger partial charge in [0, 0.05) is 30.8 Å². The van der Waals surface area contributed by atoms with Crippen molar-refractivity contribution < 1.29 is 4.79 Å². The van der Waals surface area contributed by atoms with Gasteiger partial charge in [0.25, 0.3) is 0 Å². The molecule has 0 saturated carbocycles. The molecule has 3 rings (SSSR count). The normalized spacial score (nSPS) is 14.4.